The molecule has 2 aliphatic rings. The number of likely N-dealkylation sites (N-methyl/N-ethyl adjacent to an activating group) is 1. The number of nitrogens with zero attached hydrogens (tertiary/aromatic N) is 2. The van der Waals surface area contributed by atoms with Crippen LogP contribution in [-0.2, 0) is 4.84 Å². The van der Waals surface area contributed by atoms with Gasteiger partial charge >= 0.3 is 0 Å². The lowest BCUT2D eigenvalue weighted by Crippen LogP contribution is -2.18. The molecule has 0 spiro atoms. The zero-order valence-corrected chi connectivity index (χ0v) is 6.37. The highest BCUT2D eigenvalue weighted by Crippen LogP contribution is 2.25. The van der Waals surface area contributed by atoms with Gasteiger partial charge < -0.3 is 9.74 Å². The monoisotopic (exact) mass is 140 g/mol. The number of oxime groups is 1. The van der Waals surface area contributed by atoms with E-state index in [9.17, 15) is 0 Å². The summed E-state index contributed by atoms with van der Waals surface area (Å²) in [5.74, 6) is 0.574. The van der Waals surface area contributed by atoms with Gasteiger partial charge in [0.25, 0.3) is 0 Å². The largest absolute Gasteiger partial charge is 0.390 e. The molecule has 2 rings (SSSR count). The molecule has 0 amide bonds. The predicted molar refractivity (Wildman–Crippen MR) is 39.0 cm³/mol. The maximum Gasteiger partial charge on any atom is 0.149 e. The van der Waals surface area contributed by atoms with E-state index in [0.717, 1.165) is 18.8 Å². The minimum atomic E-state index is 0.352. The summed E-state index contributed by atoms with van der Waals surface area (Å²) in [4.78, 5) is 7.49. The lowest BCUT2D eigenvalue weighted by Gasteiger charge is -2.05. The van der Waals surface area contributed by atoms with E-state index in [1.54, 1.807) is 0 Å². The number of hydrogen-bond donors (Lipinski definition) is 0. The molecular formula is C7H12N2O. The van der Waals surface area contributed by atoms with Gasteiger partial charge in [-0.2, -0.15) is 0 Å². The zero-order valence-electron chi connectivity index (χ0n) is 6.37. The molecule has 2 unspecified atom stereocenters. The quantitative estimate of drug-likeness (QED) is 0.484. The highest BCUT2D eigenvalue weighted by molar-refractivity contribution is 5.86. The first-order valence-electron chi connectivity index (χ1n) is 3.66. The van der Waals surface area contributed by atoms with E-state index < -0.39 is 0 Å². The molecule has 2 atom stereocenters. The summed E-state index contributed by atoms with van der Waals surface area (Å²) < 4.78 is 0. The minimum Gasteiger partial charge on any atom is -0.390 e. The first-order chi connectivity index (χ1) is 4.77. The summed E-state index contributed by atoms with van der Waals surface area (Å²) in [6.07, 6.45) is 0.352. The van der Waals surface area contributed by atoms with E-state index in [0.29, 0.717) is 12.0 Å². The van der Waals surface area contributed by atoms with Crippen LogP contribution < -0.4 is 0 Å². The van der Waals surface area contributed by atoms with Crippen LogP contribution in [0.15, 0.2) is 5.16 Å². The van der Waals surface area contributed by atoms with Crippen molar-refractivity contribution in [3.8, 4) is 0 Å². The molecule has 0 bridgehead atoms. The maximum absolute atomic E-state index is 5.21. The van der Waals surface area contributed by atoms with Crippen LogP contribution in [0.5, 0.6) is 0 Å². The van der Waals surface area contributed by atoms with Crippen molar-refractivity contribution in [2.75, 3.05) is 20.1 Å². The predicted octanol–water partition coefficient (Wildman–Crippen LogP) is 0.323. The van der Waals surface area contributed by atoms with Crippen LogP contribution in [0.2, 0.25) is 0 Å². The third-order valence-electron chi connectivity index (χ3n) is 2.32. The molecule has 0 aromatic heterocycles. The highest BCUT2D eigenvalue weighted by Gasteiger charge is 2.38. The van der Waals surface area contributed by atoms with Crippen molar-refractivity contribution in [1.82, 2.24) is 4.90 Å². The summed E-state index contributed by atoms with van der Waals surface area (Å²) in [6.45, 7) is 4.19. The molecule has 56 valence electrons. The molecule has 0 radical (unpaired) electrons. The number of fused-ring (bicyclic) bond motifs is 1. The van der Waals surface area contributed by atoms with Gasteiger partial charge in [0, 0.05) is 13.1 Å². The van der Waals surface area contributed by atoms with Gasteiger partial charge in [0.2, 0.25) is 0 Å². The smallest absolute Gasteiger partial charge is 0.149 e. The maximum atomic E-state index is 5.21. The van der Waals surface area contributed by atoms with Crippen molar-refractivity contribution in [3.63, 3.8) is 0 Å². The van der Waals surface area contributed by atoms with Crippen LogP contribution in [0.1, 0.15) is 6.92 Å². The molecule has 0 saturated carbocycles. The average molecular weight is 140 g/mol. The molecule has 1 fully saturated rings. The second-order valence-electron chi connectivity index (χ2n) is 3.20. The average Bonchev–Trinajstić information content (AvgIpc) is 2.35. The van der Waals surface area contributed by atoms with Crippen LogP contribution in [0.3, 0.4) is 0 Å². The summed E-state index contributed by atoms with van der Waals surface area (Å²) >= 11 is 0. The summed E-state index contributed by atoms with van der Waals surface area (Å²) in [6, 6.07) is 0. The van der Waals surface area contributed by atoms with Crippen molar-refractivity contribution in [3.05, 3.63) is 0 Å². The fourth-order valence-electron chi connectivity index (χ4n) is 1.69. The molecule has 3 nitrogen and oxygen atoms in total. The Morgan fingerprint density at radius 1 is 1.60 bits per heavy atom. The third kappa shape index (κ3) is 0.736. The Kier molecular flexibility index (Phi) is 1.20. The molecule has 0 N–H and O–H groups in total. The summed E-state index contributed by atoms with van der Waals surface area (Å²) in [5, 5.41) is 3.95. The van der Waals surface area contributed by atoms with Gasteiger partial charge in [0.1, 0.15) is 6.10 Å². The first-order valence-corrected chi connectivity index (χ1v) is 3.66. The fraction of sp³-hybridized carbons (Fsp3) is 0.857. The molecule has 1 saturated heterocycles. The number of likely N-dealkylation sites (tertiary alicyclic amines) is 1. The molecule has 0 aromatic rings. The molecule has 2 heterocycles. The van der Waals surface area contributed by atoms with E-state index in [-0.39, 0.29) is 0 Å². The lowest BCUT2D eigenvalue weighted by atomic mass is 10.0. The lowest BCUT2D eigenvalue weighted by molar-refractivity contribution is 0.0773. The van der Waals surface area contributed by atoms with Crippen molar-refractivity contribution in [2.24, 2.45) is 11.1 Å². The Balaban J connectivity index is 2.13. The molecule has 2 aliphatic heterocycles. The van der Waals surface area contributed by atoms with Crippen molar-refractivity contribution >= 4 is 5.71 Å². The van der Waals surface area contributed by atoms with E-state index in [1.165, 1.54) is 0 Å². The van der Waals surface area contributed by atoms with Gasteiger partial charge in [-0.25, -0.2) is 0 Å². The SMILES string of the molecule is CC1=NOC2CN(C)CC12. The minimum absolute atomic E-state index is 0.352. The van der Waals surface area contributed by atoms with E-state index in [2.05, 4.69) is 17.1 Å². The van der Waals surface area contributed by atoms with Gasteiger partial charge in [0.15, 0.2) is 0 Å². The van der Waals surface area contributed by atoms with Gasteiger partial charge in [-0.3, -0.25) is 0 Å². The second kappa shape index (κ2) is 1.95. The zero-order chi connectivity index (χ0) is 7.14. The highest BCUT2D eigenvalue weighted by atomic mass is 16.6. The molecule has 3 heteroatoms. The molecular weight excluding hydrogens is 128 g/mol. The summed E-state index contributed by atoms with van der Waals surface area (Å²) in [7, 11) is 2.12. The number of rotatable bonds is 0. The van der Waals surface area contributed by atoms with E-state index in [4.69, 9.17) is 4.84 Å². The van der Waals surface area contributed by atoms with Crippen molar-refractivity contribution < 1.29 is 4.84 Å². The number of hydrogen-bond acceptors (Lipinski definition) is 3. The molecule has 0 aromatic carbocycles. The Morgan fingerprint density at radius 3 is 3.10 bits per heavy atom. The second-order valence-corrected chi connectivity index (χ2v) is 3.20. The van der Waals surface area contributed by atoms with Crippen LogP contribution in [0.4, 0.5) is 0 Å². The van der Waals surface area contributed by atoms with Gasteiger partial charge in [-0.1, -0.05) is 5.16 Å². The molecule has 0 aliphatic carbocycles. The van der Waals surface area contributed by atoms with Gasteiger partial charge in [0.05, 0.1) is 11.6 Å². The Bertz CT molecular complexity index is 178. The van der Waals surface area contributed by atoms with Crippen LogP contribution in [0.25, 0.3) is 0 Å². The molecule has 10 heavy (non-hydrogen) atoms. The van der Waals surface area contributed by atoms with Crippen LogP contribution in [-0.4, -0.2) is 36.9 Å². The van der Waals surface area contributed by atoms with Crippen LogP contribution in [0, 0.1) is 5.92 Å². The van der Waals surface area contributed by atoms with Gasteiger partial charge in [-0.05, 0) is 14.0 Å². The van der Waals surface area contributed by atoms with Crippen molar-refractivity contribution in [2.45, 2.75) is 13.0 Å². The Hall–Kier alpha value is -0.570. The Labute approximate surface area is 60.6 Å². The summed E-state index contributed by atoms with van der Waals surface area (Å²) in [5.41, 5.74) is 1.16. The first kappa shape index (κ1) is 6.16. The van der Waals surface area contributed by atoms with E-state index >= 15 is 0 Å². The Morgan fingerprint density at radius 2 is 2.40 bits per heavy atom. The third-order valence-corrected chi connectivity index (χ3v) is 2.32. The van der Waals surface area contributed by atoms with Crippen molar-refractivity contribution in [1.29, 1.82) is 0 Å². The fourth-order valence-corrected chi connectivity index (χ4v) is 1.69. The van der Waals surface area contributed by atoms with Gasteiger partial charge in [-0.15, -0.1) is 0 Å². The topological polar surface area (TPSA) is 24.8 Å². The van der Waals surface area contributed by atoms with Crippen LogP contribution >= 0.6 is 0 Å². The normalized spacial score (nSPS) is 39.2. The standard InChI is InChI=1S/C7H12N2O/c1-5-6-3-9(2)4-7(6)10-8-5/h6-7H,3-4H2,1-2H3. The van der Waals surface area contributed by atoms with E-state index in [1.807, 2.05) is 6.92 Å².